The third kappa shape index (κ3) is 3.71. The number of hydrogen-bond acceptors (Lipinski definition) is 4. The molecule has 0 bridgehead atoms. The van der Waals surface area contributed by atoms with E-state index < -0.39 is 11.0 Å². The van der Waals surface area contributed by atoms with Crippen LogP contribution in [-0.2, 0) is 6.61 Å². The lowest BCUT2D eigenvalue weighted by Crippen LogP contribution is -2.01. The number of aliphatic hydroxyl groups is 1. The molecule has 0 spiro atoms. The summed E-state index contributed by atoms with van der Waals surface area (Å²) in [5.74, 6) is 0.550. The van der Waals surface area contributed by atoms with E-state index >= 15 is 0 Å². The van der Waals surface area contributed by atoms with E-state index in [1.165, 1.54) is 12.1 Å². The van der Waals surface area contributed by atoms with E-state index in [1.807, 2.05) is 0 Å². The summed E-state index contributed by atoms with van der Waals surface area (Å²) in [4.78, 5) is 10.5. The maximum atomic E-state index is 11.0. The third-order valence-electron chi connectivity index (χ3n) is 3.04. The predicted molar refractivity (Wildman–Crippen MR) is 79.5 cm³/mol. The van der Waals surface area contributed by atoms with Gasteiger partial charge in [0, 0.05) is 6.07 Å². The summed E-state index contributed by atoms with van der Waals surface area (Å²) in [6.45, 7) is 1.67. The van der Waals surface area contributed by atoms with Gasteiger partial charge in [-0.15, -0.1) is 0 Å². The molecule has 0 heterocycles. The van der Waals surface area contributed by atoms with Crippen molar-refractivity contribution in [3.05, 3.63) is 68.7 Å². The third-order valence-corrected chi connectivity index (χ3v) is 3.39. The smallest absolute Gasteiger partial charge is 0.277 e. The summed E-state index contributed by atoms with van der Waals surface area (Å²) in [6.07, 6.45) is -0.552. The minimum atomic E-state index is -0.552. The molecule has 6 heteroatoms. The van der Waals surface area contributed by atoms with E-state index in [2.05, 4.69) is 0 Å². The second-order valence-electron chi connectivity index (χ2n) is 4.53. The molecule has 0 unspecified atom stereocenters. The molecule has 0 fully saturated rings. The average Bonchev–Trinajstić information content (AvgIpc) is 2.46. The highest BCUT2D eigenvalue weighted by Crippen LogP contribution is 2.28. The number of nitrogens with zero attached hydrogens (tertiary/aromatic N) is 1. The maximum absolute atomic E-state index is 11.0. The van der Waals surface area contributed by atoms with Gasteiger partial charge in [0.25, 0.3) is 5.69 Å². The molecule has 0 saturated carbocycles. The van der Waals surface area contributed by atoms with Gasteiger partial charge in [-0.1, -0.05) is 29.8 Å². The first-order valence-corrected chi connectivity index (χ1v) is 6.69. The Labute approximate surface area is 126 Å². The van der Waals surface area contributed by atoms with Crippen LogP contribution >= 0.6 is 11.6 Å². The summed E-state index contributed by atoms with van der Waals surface area (Å²) in [6, 6.07) is 11.4. The van der Waals surface area contributed by atoms with Crippen LogP contribution in [0.3, 0.4) is 0 Å². The van der Waals surface area contributed by atoms with Crippen molar-refractivity contribution in [2.24, 2.45) is 0 Å². The monoisotopic (exact) mass is 307 g/mol. The Morgan fingerprint density at radius 3 is 2.52 bits per heavy atom. The van der Waals surface area contributed by atoms with E-state index in [-0.39, 0.29) is 12.3 Å². The number of benzene rings is 2. The van der Waals surface area contributed by atoms with Crippen molar-refractivity contribution < 1.29 is 14.8 Å². The van der Waals surface area contributed by atoms with Crippen LogP contribution in [0.25, 0.3) is 0 Å². The van der Waals surface area contributed by atoms with E-state index in [9.17, 15) is 15.2 Å². The fourth-order valence-electron chi connectivity index (χ4n) is 1.86. The standard InChI is InChI=1S/C15H14ClNO4/c1-10(18)11-5-7-12(8-6-11)21-9-13-14(16)3-2-4-15(13)17(19)20/h2-8,10,18H,9H2,1H3/t10-/m0/s1. The van der Waals surface area contributed by atoms with Crippen LogP contribution in [0.2, 0.25) is 5.02 Å². The maximum Gasteiger partial charge on any atom is 0.277 e. The zero-order chi connectivity index (χ0) is 15.4. The number of hydrogen-bond donors (Lipinski definition) is 1. The predicted octanol–water partition coefficient (Wildman–Crippen LogP) is 3.88. The molecule has 2 aromatic rings. The Morgan fingerprint density at radius 2 is 1.95 bits per heavy atom. The zero-order valence-corrected chi connectivity index (χ0v) is 12.1. The van der Waals surface area contributed by atoms with E-state index in [0.717, 1.165) is 5.56 Å². The molecular formula is C15H14ClNO4. The van der Waals surface area contributed by atoms with Gasteiger partial charge in [0.05, 0.1) is 21.6 Å². The summed E-state index contributed by atoms with van der Waals surface area (Å²) in [5.41, 5.74) is 1.04. The lowest BCUT2D eigenvalue weighted by atomic mass is 10.1. The molecule has 0 radical (unpaired) electrons. The lowest BCUT2D eigenvalue weighted by molar-refractivity contribution is -0.385. The molecule has 110 valence electrons. The number of rotatable bonds is 5. The fraction of sp³-hybridized carbons (Fsp3) is 0.200. The summed E-state index contributed by atoms with van der Waals surface area (Å²) < 4.78 is 5.53. The SMILES string of the molecule is C[C@H](O)c1ccc(OCc2c(Cl)cccc2[N+](=O)[O-])cc1. The Balaban J connectivity index is 2.15. The lowest BCUT2D eigenvalue weighted by Gasteiger charge is -2.10. The largest absolute Gasteiger partial charge is 0.489 e. The van der Waals surface area contributed by atoms with Gasteiger partial charge in [0.15, 0.2) is 0 Å². The number of aliphatic hydroxyl groups excluding tert-OH is 1. The van der Waals surface area contributed by atoms with Crippen molar-refractivity contribution in [1.29, 1.82) is 0 Å². The molecule has 0 aliphatic carbocycles. The first-order chi connectivity index (χ1) is 9.99. The van der Waals surface area contributed by atoms with E-state index in [0.29, 0.717) is 16.3 Å². The van der Waals surface area contributed by atoms with Crippen molar-refractivity contribution in [3.63, 3.8) is 0 Å². The summed E-state index contributed by atoms with van der Waals surface area (Å²) in [5, 5.41) is 20.7. The minimum Gasteiger partial charge on any atom is -0.489 e. The fourth-order valence-corrected chi connectivity index (χ4v) is 2.08. The molecule has 2 rings (SSSR count). The van der Waals surface area contributed by atoms with Crippen LogP contribution in [0.5, 0.6) is 5.75 Å². The second kappa shape index (κ2) is 6.56. The topological polar surface area (TPSA) is 72.6 Å². The van der Waals surface area contributed by atoms with Crippen molar-refractivity contribution in [1.82, 2.24) is 0 Å². The molecule has 0 aromatic heterocycles. The first-order valence-electron chi connectivity index (χ1n) is 6.31. The normalized spacial score (nSPS) is 12.0. The Morgan fingerprint density at radius 1 is 1.29 bits per heavy atom. The van der Waals surface area contributed by atoms with Crippen LogP contribution in [-0.4, -0.2) is 10.0 Å². The zero-order valence-electron chi connectivity index (χ0n) is 11.3. The number of nitro benzene ring substituents is 1. The van der Waals surface area contributed by atoms with Crippen molar-refractivity contribution in [2.75, 3.05) is 0 Å². The minimum absolute atomic E-state index is 0.00398. The number of ether oxygens (including phenoxy) is 1. The molecule has 21 heavy (non-hydrogen) atoms. The second-order valence-corrected chi connectivity index (χ2v) is 4.94. The van der Waals surface area contributed by atoms with Gasteiger partial charge < -0.3 is 9.84 Å². The van der Waals surface area contributed by atoms with Crippen molar-refractivity contribution >= 4 is 17.3 Å². The van der Waals surface area contributed by atoms with E-state index in [1.54, 1.807) is 37.3 Å². The highest BCUT2D eigenvalue weighted by molar-refractivity contribution is 6.31. The van der Waals surface area contributed by atoms with Gasteiger partial charge in [0.1, 0.15) is 12.4 Å². The first kappa shape index (κ1) is 15.3. The van der Waals surface area contributed by atoms with Crippen LogP contribution in [0.4, 0.5) is 5.69 Å². The summed E-state index contributed by atoms with van der Waals surface area (Å²) >= 11 is 5.99. The quantitative estimate of drug-likeness (QED) is 0.672. The molecule has 1 atom stereocenters. The summed E-state index contributed by atoms with van der Waals surface area (Å²) in [7, 11) is 0. The number of nitro groups is 1. The van der Waals surface area contributed by atoms with Crippen LogP contribution in [0, 0.1) is 10.1 Å². The Kier molecular flexibility index (Phi) is 4.77. The van der Waals surface area contributed by atoms with Gasteiger partial charge in [-0.2, -0.15) is 0 Å². The van der Waals surface area contributed by atoms with Crippen LogP contribution < -0.4 is 4.74 Å². The van der Waals surface area contributed by atoms with Gasteiger partial charge in [-0.3, -0.25) is 10.1 Å². The highest BCUT2D eigenvalue weighted by atomic mass is 35.5. The van der Waals surface area contributed by atoms with Crippen LogP contribution in [0.1, 0.15) is 24.2 Å². The molecular weight excluding hydrogens is 294 g/mol. The molecule has 2 aromatic carbocycles. The molecule has 0 amide bonds. The molecule has 0 aliphatic rings. The molecule has 1 N–H and O–H groups in total. The Hall–Kier alpha value is -2.11. The number of halogens is 1. The van der Waals surface area contributed by atoms with Gasteiger partial charge in [-0.05, 0) is 30.7 Å². The van der Waals surface area contributed by atoms with Crippen molar-refractivity contribution in [2.45, 2.75) is 19.6 Å². The molecule has 0 saturated heterocycles. The Bertz CT molecular complexity index is 641. The average molecular weight is 308 g/mol. The van der Waals surface area contributed by atoms with Crippen LogP contribution in [0.15, 0.2) is 42.5 Å². The highest BCUT2D eigenvalue weighted by Gasteiger charge is 2.17. The van der Waals surface area contributed by atoms with Crippen molar-refractivity contribution in [3.8, 4) is 5.75 Å². The van der Waals surface area contributed by atoms with Gasteiger partial charge in [-0.25, -0.2) is 0 Å². The van der Waals surface area contributed by atoms with Gasteiger partial charge in [0.2, 0.25) is 0 Å². The van der Waals surface area contributed by atoms with E-state index in [4.69, 9.17) is 16.3 Å². The molecule has 5 nitrogen and oxygen atoms in total. The molecule has 0 aliphatic heterocycles. The van der Waals surface area contributed by atoms with Gasteiger partial charge >= 0.3 is 0 Å².